The Kier molecular flexibility index (Phi) is 5.68. The molecule has 0 aliphatic carbocycles. The van der Waals surface area contributed by atoms with E-state index in [9.17, 15) is 9.59 Å². The molecule has 1 unspecified atom stereocenters. The SMILES string of the molecule is CN(CCc1ccccn1)C(=O)CNC(=O)C1CCCN1. The molecule has 0 saturated carbocycles. The van der Waals surface area contributed by atoms with E-state index in [4.69, 9.17) is 0 Å². The van der Waals surface area contributed by atoms with E-state index in [-0.39, 0.29) is 24.4 Å². The molecule has 114 valence electrons. The number of hydrogen-bond donors (Lipinski definition) is 2. The van der Waals surface area contributed by atoms with Crippen molar-refractivity contribution >= 4 is 11.8 Å². The van der Waals surface area contributed by atoms with Crippen LogP contribution in [0.3, 0.4) is 0 Å². The second kappa shape index (κ2) is 7.73. The molecule has 2 N–H and O–H groups in total. The fourth-order valence-electron chi connectivity index (χ4n) is 2.28. The van der Waals surface area contributed by atoms with E-state index in [1.807, 2.05) is 18.2 Å². The van der Waals surface area contributed by atoms with Crippen LogP contribution in [0, 0.1) is 0 Å². The van der Waals surface area contributed by atoms with Crippen molar-refractivity contribution in [3.05, 3.63) is 30.1 Å². The highest BCUT2D eigenvalue weighted by molar-refractivity contribution is 5.87. The summed E-state index contributed by atoms with van der Waals surface area (Å²) in [4.78, 5) is 29.6. The van der Waals surface area contributed by atoms with Crippen LogP contribution in [0.15, 0.2) is 24.4 Å². The van der Waals surface area contributed by atoms with Gasteiger partial charge in [0.2, 0.25) is 11.8 Å². The third-order valence-corrected chi connectivity index (χ3v) is 3.65. The van der Waals surface area contributed by atoms with Gasteiger partial charge in [-0.25, -0.2) is 0 Å². The highest BCUT2D eigenvalue weighted by Crippen LogP contribution is 2.04. The third-order valence-electron chi connectivity index (χ3n) is 3.65. The molecule has 0 radical (unpaired) electrons. The van der Waals surface area contributed by atoms with Crippen LogP contribution in [0.2, 0.25) is 0 Å². The summed E-state index contributed by atoms with van der Waals surface area (Å²) >= 11 is 0. The van der Waals surface area contributed by atoms with E-state index in [2.05, 4.69) is 15.6 Å². The van der Waals surface area contributed by atoms with Gasteiger partial charge in [-0.1, -0.05) is 6.07 Å². The average Bonchev–Trinajstić information content (AvgIpc) is 3.05. The number of hydrogen-bond acceptors (Lipinski definition) is 4. The zero-order chi connectivity index (χ0) is 15.1. The van der Waals surface area contributed by atoms with Gasteiger partial charge in [-0.2, -0.15) is 0 Å². The Morgan fingerprint density at radius 1 is 1.48 bits per heavy atom. The Hall–Kier alpha value is -1.95. The van der Waals surface area contributed by atoms with Crippen LogP contribution >= 0.6 is 0 Å². The number of nitrogens with one attached hydrogen (secondary N) is 2. The van der Waals surface area contributed by atoms with Crippen LogP contribution in [-0.2, 0) is 16.0 Å². The molecule has 1 atom stereocenters. The number of nitrogens with zero attached hydrogens (tertiary/aromatic N) is 2. The number of likely N-dealkylation sites (N-methyl/N-ethyl adjacent to an activating group) is 1. The van der Waals surface area contributed by atoms with Crippen molar-refractivity contribution in [1.82, 2.24) is 20.5 Å². The van der Waals surface area contributed by atoms with E-state index in [1.54, 1.807) is 18.1 Å². The summed E-state index contributed by atoms with van der Waals surface area (Å²) in [5.74, 6) is -0.170. The molecule has 21 heavy (non-hydrogen) atoms. The molecule has 2 heterocycles. The second-order valence-corrected chi connectivity index (χ2v) is 5.25. The molecule has 2 rings (SSSR count). The minimum Gasteiger partial charge on any atom is -0.346 e. The summed E-state index contributed by atoms with van der Waals surface area (Å²) in [6, 6.07) is 5.59. The van der Waals surface area contributed by atoms with Gasteiger partial charge >= 0.3 is 0 Å². The standard InChI is InChI=1S/C15H22N4O2/c1-19(10-7-12-5-2-3-8-16-12)14(20)11-18-15(21)13-6-4-9-17-13/h2-3,5,8,13,17H,4,6-7,9-11H2,1H3,(H,18,21). The molecule has 1 aromatic heterocycles. The van der Waals surface area contributed by atoms with Gasteiger partial charge in [-0.3, -0.25) is 14.6 Å². The molecule has 6 nitrogen and oxygen atoms in total. The molecule has 2 amide bonds. The maximum absolute atomic E-state index is 12.0. The summed E-state index contributed by atoms with van der Waals surface area (Å²) in [6.07, 6.45) is 4.30. The first-order valence-corrected chi connectivity index (χ1v) is 7.32. The quantitative estimate of drug-likeness (QED) is 0.770. The normalized spacial score (nSPS) is 17.5. The first-order chi connectivity index (χ1) is 10.2. The number of aromatic nitrogens is 1. The van der Waals surface area contributed by atoms with E-state index in [0.29, 0.717) is 13.0 Å². The molecule has 1 aliphatic heterocycles. The summed E-state index contributed by atoms with van der Waals surface area (Å²) < 4.78 is 0. The molecule has 1 aliphatic rings. The van der Waals surface area contributed by atoms with Gasteiger partial charge in [0.05, 0.1) is 12.6 Å². The number of carbonyl (C=O) groups excluding carboxylic acids is 2. The van der Waals surface area contributed by atoms with Crippen LogP contribution in [0.5, 0.6) is 0 Å². The van der Waals surface area contributed by atoms with Crippen molar-refractivity contribution in [2.45, 2.75) is 25.3 Å². The molecule has 0 spiro atoms. The maximum atomic E-state index is 12.0. The van der Waals surface area contributed by atoms with Crippen LogP contribution in [0.1, 0.15) is 18.5 Å². The van der Waals surface area contributed by atoms with E-state index >= 15 is 0 Å². The van der Waals surface area contributed by atoms with Crippen LogP contribution in [0.4, 0.5) is 0 Å². The van der Waals surface area contributed by atoms with Gasteiger partial charge < -0.3 is 15.5 Å². The second-order valence-electron chi connectivity index (χ2n) is 5.25. The molecule has 1 aromatic rings. The average molecular weight is 290 g/mol. The zero-order valence-corrected chi connectivity index (χ0v) is 12.3. The molecule has 0 aromatic carbocycles. The van der Waals surface area contributed by atoms with Crippen LogP contribution < -0.4 is 10.6 Å². The number of amides is 2. The van der Waals surface area contributed by atoms with Crippen molar-refractivity contribution < 1.29 is 9.59 Å². The minimum absolute atomic E-state index is 0.0513. The zero-order valence-electron chi connectivity index (χ0n) is 12.3. The number of carbonyl (C=O) groups is 2. The minimum atomic E-state index is -0.142. The lowest BCUT2D eigenvalue weighted by Gasteiger charge is -2.18. The monoisotopic (exact) mass is 290 g/mol. The van der Waals surface area contributed by atoms with Gasteiger partial charge in [0.25, 0.3) is 0 Å². The lowest BCUT2D eigenvalue weighted by Crippen LogP contribution is -2.45. The highest BCUT2D eigenvalue weighted by Gasteiger charge is 2.22. The Bertz CT molecular complexity index is 472. The Labute approximate surface area is 124 Å². The first kappa shape index (κ1) is 15.4. The number of rotatable bonds is 6. The Balaban J connectivity index is 1.68. The van der Waals surface area contributed by atoms with Gasteiger partial charge in [-0.05, 0) is 31.5 Å². The van der Waals surface area contributed by atoms with Gasteiger partial charge in [0, 0.05) is 31.9 Å². The first-order valence-electron chi connectivity index (χ1n) is 7.32. The van der Waals surface area contributed by atoms with E-state index in [1.165, 1.54) is 0 Å². The summed E-state index contributed by atoms with van der Waals surface area (Å²) in [6.45, 7) is 1.51. The molecular formula is C15H22N4O2. The molecule has 0 bridgehead atoms. The molecule has 6 heteroatoms. The van der Waals surface area contributed by atoms with Crippen molar-refractivity contribution in [3.63, 3.8) is 0 Å². The van der Waals surface area contributed by atoms with E-state index < -0.39 is 0 Å². The van der Waals surface area contributed by atoms with Crippen LogP contribution in [-0.4, -0.2) is 54.4 Å². The van der Waals surface area contributed by atoms with Crippen molar-refractivity contribution in [3.8, 4) is 0 Å². The summed E-state index contributed by atoms with van der Waals surface area (Å²) in [5, 5.41) is 5.81. The maximum Gasteiger partial charge on any atom is 0.241 e. The Morgan fingerprint density at radius 2 is 2.33 bits per heavy atom. The van der Waals surface area contributed by atoms with Gasteiger partial charge in [0.15, 0.2) is 0 Å². The lowest BCUT2D eigenvalue weighted by atomic mass is 10.2. The number of pyridine rings is 1. The van der Waals surface area contributed by atoms with Crippen LogP contribution in [0.25, 0.3) is 0 Å². The van der Waals surface area contributed by atoms with Gasteiger partial charge in [0.1, 0.15) is 0 Å². The topological polar surface area (TPSA) is 74.3 Å². The fourth-order valence-corrected chi connectivity index (χ4v) is 2.28. The lowest BCUT2D eigenvalue weighted by molar-refractivity contribution is -0.132. The highest BCUT2D eigenvalue weighted by atomic mass is 16.2. The Morgan fingerprint density at radius 3 is 3.00 bits per heavy atom. The predicted octanol–water partition coefficient (Wildman–Crippen LogP) is -0.0493. The van der Waals surface area contributed by atoms with Crippen molar-refractivity contribution in [1.29, 1.82) is 0 Å². The van der Waals surface area contributed by atoms with Gasteiger partial charge in [-0.15, -0.1) is 0 Å². The molecule has 1 fully saturated rings. The predicted molar refractivity (Wildman–Crippen MR) is 79.6 cm³/mol. The fraction of sp³-hybridized carbons (Fsp3) is 0.533. The smallest absolute Gasteiger partial charge is 0.241 e. The van der Waals surface area contributed by atoms with Crippen molar-refractivity contribution in [2.75, 3.05) is 26.7 Å². The summed E-state index contributed by atoms with van der Waals surface area (Å²) in [5.41, 5.74) is 0.955. The molecular weight excluding hydrogens is 268 g/mol. The van der Waals surface area contributed by atoms with E-state index in [0.717, 1.165) is 25.1 Å². The largest absolute Gasteiger partial charge is 0.346 e. The van der Waals surface area contributed by atoms with Crippen molar-refractivity contribution in [2.24, 2.45) is 0 Å². The summed E-state index contributed by atoms with van der Waals surface area (Å²) in [7, 11) is 1.74. The third kappa shape index (κ3) is 4.82. The molecule has 1 saturated heterocycles.